The third-order valence-electron chi connectivity index (χ3n) is 1.04. The minimum Gasteiger partial charge on any atom is -0.193 e. The molecule has 0 amide bonds. The zero-order valence-electron chi connectivity index (χ0n) is 5.00. The number of nitrogens with zero attached hydrogens (tertiary/aromatic N) is 1. The van der Waals surface area contributed by atoms with Gasteiger partial charge < -0.3 is 0 Å². The van der Waals surface area contributed by atoms with Gasteiger partial charge in [0.05, 0.1) is 5.69 Å². The predicted octanol–water partition coefficient (Wildman–Crippen LogP) is 2.43. The monoisotopic (exact) mass is 137 g/mol. The fourth-order valence-electron chi connectivity index (χ4n) is 0.561. The molecule has 1 nitrogen and oxygen atoms in total. The van der Waals surface area contributed by atoms with Crippen LogP contribution < -0.4 is 0 Å². The first kappa shape index (κ1) is 6.23. The molecule has 0 N–H and O–H groups in total. The highest BCUT2D eigenvalue weighted by Crippen LogP contribution is 2.11. The van der Waals surface area contributed by atoms with Gasteiger partial charge in [-0.1, -0.05) is 19.2 Å². The van der Waals surface area contributed by atoms with E-state index in [9.17, 15) is 0 Å². The third-order valence-corrected chi connectivity index (χ3v) is 1.70. The van der Waals surface area contributed by atoms with E-state index in [0.717, 1.165) is 11.3 Å². The molecule has 0 saturated carbocycles. The fraction of sp³-hybridized carbons (Fsp3) is 0. The maximum atomic E-state index is 4.06. The van der Waals surface area contributed by atoms with Gasteiger partial charge >= 0.3 is 0 Å². The second kappa shape index (κ2) is 2.60. The molecule has 46 valence electrons. The van der Waals surface area contributed by atoms with E-state index in [1.54, 1.807) is 12.2 Å². The first-order chi connectivity index (χ1) is 4.38. The summed E-state index contributed by atoms with van der Waals surface area (Å²) < 4.78 is 4.06. The molecule has 0 spiro atoms. The summed E-state index contributed by atoms with van der Waals surface area (Å²) in [5.41, 5.74) is 1.99. The number of hydrogen-bond donors (Lipinski definition) is 0. The van der Waals surface area contributed by atoms with Gasteiger partial charge in [0.2, 0.25) is 0 Å². The van der Waals surface area contributed by atoms with Gasteiger partial charge in [-0.25, -0.2) is 0 Å². The van der Waals surface area contributed by atoms with Crippen molar-refractivity contribution in [2.24, 2.45) is 0 Å². The van der Waals surface area contributed by atoms with Crippen molar-refractivity contribution < 1.29 is 0 Å². The van der Waals surface area contributed by atoms with Crippen LogP contribution in [0, 0.1) is 0 Å². The first-order valence-corrected chi connectivity index (χ1v) is 3.41. The topological polar surface area (TPSA) is 12.9 Å². The van der Waals surface area contributed by atoms with E-state index < -0.39 is 0 Å². The van der Waals surface area contributed by atoms with E-state index in [-0.39, 0.29) is 0 Å². The van der Waals surface area contributed by atoms with Crippen LogP contribution in [-0.2, 0) is 0 Å². The standard InChI is InChI=1S/C7H7NS/c1-3-6-5-9-8-7(6)4-2/h3-5H,1-2H2. The molecule has 9 heavy (non-hydrogen) atoms. The minimum atomic E-state index is 0.926. The van der Waals surface area contributed by atoms with Crippen LogP contribution in [0.4, 0.5) is 0 Å². The van der Waals surface area contributed by atoms with Gasteiger partial charge in [0.1, 0.15) is 0 Å². The minimum absolute atomic E-state index is 0.926. The average Bonchev–Trinajstić information content (AvgIpc) is 2.33. The van der Waals surface area contributed by atoms with Gasteiger partial charge in [0, 0.05) is 10.9 Å². The summed E-state index contributed by atoms with van der Waals surface area (Å²) in [6, 6.07) is 0. The lowest BCUT2D eigenvalue weighted by atomic mass is 10.2. The van der Waals surface area contributed by atoms with Crippen molar-refractivity contribution in [2.45, 2.75) is 0 Å². The molecular weight excluding hydrogens is 130 g/mol. The van der Waals surface area contributed by atoms with Gasteiger partial charge in [-0.2, -0.15) is 4.37 Å². The van der Waals surface area contributed by atoms with E-state index in [1.165, 1.54) is 11.5 Å². The molecule has 0 saturated heterocycles. The lowest BCUT2D eigenvalue weighted by Crippen LogP contribution is -1.70. The quantitative estimate of drug-likeness (QED) is 0.610. The molecule has 1 heterocycles. The largest absolute Gasteiger partial charge is 0.193 e. The molecule has 0 atom stereocenters. The SMILES string of the molecule is C=Cc1csnc1C=C. The van der Waals surface area contributed by atoms with Gasteiger partial charge in [-0.05, 0) is 17.6 Å². The molecule has 0 aliphatic carbocycles. The Hall–Kier alpha value is -0.890. The zero-order chi connectivity index (χ0) is 6.69. The molecule has 0 unspecified atom stereocenters. The maximum absolute atomic E-state index is 4.06. The molecule has 2 heteroatoms. The zero-order valence-corrected chi connectivity index (χ0v) is 5.82. The Bertz CT molecular complexity index is 202. The second-order valence-corrected chi connectivity index (χ2v) is 2.19. The van der Waals surface area contributed by atoms with Crippen molar-refractivity contribution in [3.63, 3.8) is 0 Å². The number of hydrogen-bond acceptors (Lipinski definition) is 2. The summed E-state index contributed by atoms with van der Waals surface area (Å²) >= 11 is 1.42. The summed E-state index contributed by atoms with van der Waals surface area (Å²) in [7, 11) is 0. The van der Waals surface area contributed by atoms with Crippen LogP contribution in [0.1, 0.15) is 11.3 Å². The third kappa shape index (κ3) is 1.08. The van der Waals surface area contributed by atoms with Crippen molar-refractivity contribution in [3.05, 3.63) is 29.8 Å². The smallest absolute Gasteiger partial charge is 0.0834 e. The highest BCUT2D eigenvalue weighted by Gasteiger charge is 1.94. The molecule has 0 aliphatic heterocycles. The molecule has 0 aromatic carbocycles. The van der Waals surface area contributed by atoms with Crippen molar-refractivity contribution >= 4 is 23.7 Å². The van der Waals surface area contributed by atoms with E-state index in [4.69, 9.17) is 0 Å². The Balaban J connectivity index is 3.12. The molecule has 0 radical (unpaired) electrons. The normalized spacial score (nSPS) is 8.89. The summed E-state index contributed by atoms with van der Waals surface area (Å²) in [4.78, 5) is 0. The molecule has 1 aromatic rings. The van der Waals surface area contributed by atoms with Crippen molar-refractivity contribution in [1.82, 2.24) is 4.37 Å². The van der Waals surface area contributed by atoms with E-state index in [0.29, 0.717) is 0 Å². The van der Waals surface area contributed by atoms with Crippen LogP contribution in [0.2, 0.25) is 0 Å². The molecular formula is C7H7NS. The van der Waals surface area contributed by atoms with Crippen LogP contribution in [0.5, 0.6) is 0 Å². The lowest BCUT2D eigenvalue weighted by Gasteiger charge is -1.83. The summed E-state index contributed by atoms with van der Waals surface area (Å²) in [6.07, 6.45) is 3.51. The van der Waals surface area contributed by atoms with Crippen LogP contribution in [0.15, 0.2) is 18.5 Å². The summed E-state index contributed by atoms with van der Waals surface area (Å²) in [6.45, 7) is 7.24. The Kier molecular flexibility index (Phi) is 1.80. The molecule has 1 aromatic heterocycles. The van der Waals surface area contributed by atoms with E-state index >= 15 is 0 Å². The van der Waals surface area contributed by atoms with E-state index in [2.05, 4.69) is 17.5 Å². The highest BCUT2D eigenvalue weighted by molar-refractivity contribution is 7.03. The number of aromatic nitrogens is 1. The van der Waals surface area contributed by atoms with Gasteiger partial charge in [0.15, 0.2) is 0 Å². The maximum Gasteiger partial charge on any atom is 0.0834 e. The van der Waals surface area contributed by atoms with Crippen LogP contribution in [0.25, 0.3) is 12.2 Å². The highest BCUT2D eigenvalue weighted by atomic mass is 32.1. The van der Waals surface area contributed by atoms with E-state index in [1.807, 2.05) is 5.38 Å². The van der Waals surface area contributed by atoms with Crippen molar-refractivity contribution in [3.8, 4) is 0 Å². The number of rotatable bonds is 2. The Labute approximate surface area is 58.5 Å². The van der Waals surface area contributed by atoms with Crippen molar-refractivity contribution in [2.75, 3.05) is 0 Å². The average molecular weight is 137 g/mol. The van der Waals surface area contributed by atoms with Crippen LogP contribution in [-0.4, -0.2) is 4.37 Å². The molecule has 0 aliphatic rings. The molecule has 0 bridgehead atoms. The van der Waals surface area contributed by atoms with Crippen LogP contribution in [0.3, 0.4) is 0 Å². The van der Waals surface area contributed by atoms with Crippen LogP contribution >= 0.6 is 11.5 Å². The van der Waals surface area contributed by atoms with Gasteiger partial charge in [-0.3, -0.25) is 0 Å². The van der Waals surface area contributed by atoms with Gasteiger partial charge in [-0.15, -0.1) is 0 Å². The predicted molar refractivity (Wildman–Crippen MR) is 42.3 cm³/mol. The summed E-state index contributed by atoms with van der Waals surface area (Å²) in [5, 5.41) is 1.95. The Morgan fingerprint density at radius 2 is 2.22 bits per heavy atom. The first-order valence-electron chi connectivity index (χ1n) is 2.57. The Morgan fingerprint density at radius 1 is 1.44 bits per heavy atom. The lowest BCUT2D eigenvalue weighted by molar-refractivity contribution is 1.50. The Morgan fingerprint density at radius 3 is 2.67 bits per heavy atom. The van der Waals surface area contributed by atoms with Gasteiger partial charge in [0.25, 0.3) is 0 Å². The molecule has 1 rings (SSSR count). The molecule has 0 fully saturated rings. The fourth-order valence-corrected chi connectivity index (χ4v) is 1.24. The second-order valence-electron chi connectivity index (χ2n) is 1.56. The summed E-state index contributed by atoms with van der Waals surface area (Å²) in [5.74, 6) is 0. The van der Waals surface area contributed by atoms with Crippen molar-refractivity contribution in [1.29, 1.82) is 0 Å².